The number of hydrogen-bond acceptors (Lipinski definition) is 10. The van der Waals surface area contributed by atoms with Gasteiger partial charge in [0.2, 0.25) is 20.0 Å². The van der Waals surface area contributed by atoms with Gasteiger partial charge in [-0.2, -0.15) is 8.61 Å². The van der Waals surface area contributed by atoms with Crippen molar-refractivity contribution in [1.29, 1.82) is 0 Å². The molecular weight excluding hydrogens is 869 g/mol. The second-order valence-electron chi connectivity index (χ2n) is 14.6. The molecule has 0 amide bonds. The van der Waals surface area contributed by atoms with Gasteiger partial charge in [-0.05, 0) is 54.3 Å². The monoisotopic (exact) mass is 912 g/mol. The summed E-state index contributed by atoms with van der Waals surface area (Å²) in [7, 11) is -8.46. The van der Waals surface area contributed by atoms with Gasteiger partial charge < -0.3 is 9.80 Å². The number of aryl methyl sites for hydroxylation is 2. The first kappa shape index (κ1) is 44.3. The molecule has 61 heavy (non-hydrogen) atoms. The average molecular weight is 913 g/mol. The summed E-state index contributed by atoms with van der Waals surface area (Å²) < 4.78 is 109. The van der Waals surface area contributed by atoms with Crippen molar-refractivity contribution in [3.05, 3.63) is 153 Å². The van der Waals surface area contributed by atoms with Crippen molar-refractivity contribution in [2.75, 3.05) is 62.2 Å². The van der Waals surface area contributed by atoms with E-state index in [1.165, 1.54) is 44.9 Å². The molecule has 4 heterocycles. The average Bonchev–Trinajstić information content (AvgIpc) is 3.92. The van der Waals surface area contributed by atoms with Crippen LogP contribution in [0.15, 0.2) is 105 Å². The summed E-state index contributed by atoms with van der Waals surface area (Å²) in [6, 6.07) is 22.9. The van der Waals surface area contributed by atoms with E-state index >= 15 is 0 Å². The van der Waals surface area contributed by atoms with E-state index in [1.807, 2.05) is 27.5 Å². The van der Waals surface area contributed by atoms with E-state index in [1.54, 1.807) is 0 Å². The third-order valence-corrected chi connectivity index (χ3v) is 16.3. The molecule has 2 aromatic heterocycles. The van der Waals surface area contributed by atoms with Crippen LogP contribution in [0.1, 0.15) is 40.6 Å². The minimum Gasteiger partial charge on any atom is -0.345 e. The number of halogens is 4. The number of thiazole rings is 2. The number of nitrogens with zero attached hydrogens (tertiary/aromatic N) is 6. The molecule has 2 saturated heterocycles. The van der Waals surface area contributed by atoms with Gasteiger partial charge in [-0.1, -0.05) is 73.2 Å². The van der Waals surface area contributed by atoms with E-state index in [4.69, 9.17) is 4.98 Å². The number of anilines is 2. The molecule has 0 unspecified atom stereocenters. The van der Waals surface area contributed by atoms with Gasteiger partial charge in [0.25, 0.3) is 0 Å². The third kappa shape index (κ3) is 10.3. The Morgan fingerprint density at radius 2 is 0.869 bits per heavy atom. The van der Waals surface area contributed by atoms with Crippen LogP contribution in [-0.4, -0.2) is 87.8 Å². The summed E-state index contributed by atoms with van der Waals surface area (Å²) in [6.45, 7) is 6.38. The maximum Gasteiger partial charge on any atom is 0.249 e. The Bertz CT molecular complexity index is 2620. The maximum absolute atomic E-state index is 14.0. The predicted octanol–water partition coefficient (Wildman–Crippen LogP) is 7.92. The zero-order chi connectivity index (χ0) is 43.3. The molecule has 2 aliphatic rings. The van der Waals surface area contributed by atoms with E-state index in [0.717, 1.165) is 85.9 Å². The van der Waals surface area contributed by atoms with Crippen LogP contribution in [0.2, 0.25) is 0 Å². The molecule has 0 saturated carbocycles. The van der Waals surface area contributed by atoms with Crippen LogP contribution in [0.5, 0.6) is 0 Å². The van der Waals surface area contributed by atoms with Gasteiger partial charge in [-0.15, -0.1) is 22.7 Å². The second kappa shape index (κ2) is 19.1. The Hall–Kier alpha value is -4.72. The van der Waals surface area contributed by atoms with Crippen molar-refractivity contribution in [1.82, 2.24) is 18.6 Å². The lowest BCUT2D eigenvalue weighted by molar-refractivity contribution is 0.378. The molecule has 6 aromatic rings. The lowest BCUT2D eigenvalue weighted by Crippen LogP contribution is -2.49. The number of rotatable bonds is 11. The topological polar surface area (TPSA) is 107 Å². The summed E-state index contributed by atoms with van der Waals surface area (Å²) in [5.41, 5.74) is 6.80. The van der Waals surface area contributed by atoms with E-state index in [9.17, 15) is 34.4 Å². The summed E-state index contributed by atoms with van der Waals surface area (Å²) in [4.78, 5) is 11.6. The number of benzene rings is 4. The molecule has 2 aliphatic heterocycles. The van der Waals surface area contributed by atoms with Crippen LogP contribution >= 0.6 is 22.7 Å². The third-order valence-electron chi connectivity index (χ3n) is 10.5. The number of sulfonamides is 2. The van der Waals surface area contributed by atoms with Gasteiger partial charge in [-0.25, -0.2) is 44.4 Å². The molecular formula is C43H44F4N6O4S4. The van der Waals surface area contributed by atoms with Crippen molar-refractivity contribution in [2.45, 2.75) is 42.9 Å². The van der Waals surface area contributed by atoms with Crippen LogP contribution in [0.4, 0.5) is 27.8 Å². The molecule has 8 rings (SSSR count). The van der Waals surface area contributed by atoms with Gasteiger partial charge in [-0.3, -0.25) is 0 Å². The largest absolute Gasteiger partial charge is 0.345 e. The van der Waals surface area contributed by atoms with E-state index in [0.29, 0.717) is 26.2 Å². The maximum atomic E-state index is 14.0. The van der Waals surface area contributed by atoms with Crippen molar-refractivity contribution in [2.24, 2.45) is 0 Å². The van der Waals surface area contributed by atoms with Crippen molar-refractivity contribution >= 4 is 53.0 Å². The smallest absolute Gasteiger partial charge is 0.249 e. The van der Waals surface area contributed by atoms with Crippen LogP contribution in [0.3, 0.4) is 0 Å². The highest BCUT2D eigenvalue weighted by atomic mass is 32.2. The summed E-state index contributed by atoms with van der Waals surface area (Å²) in [5, 5.41) is 5.68. The minimum absolute atomic E-state index is 0.142. The zero-order valence-corrected chi connectivity index (χ0v) is 36.7. The van der Waals surface area contributed by atoms with Crippen molar-refractivity contribution in [3.63, 3.8) is 0 Å². The first-order chi connectivity index (χ1) is 29.2. The van der Waals surface area contributed by atoms with Gasteiger partial charge >= 0.3 is 0 Å². The molecule has 0 aliphatic carbocycles. The highest BCUT2D eigenvalue weighted by Crippen LogP contribution is 2.29. The van der Waals surface area contributed by atoms with Crippen LogP contribution in [-0.2, 0) is 39.3 Å². The SMILES string of the molecule is CCc1ccc(Cc2csc(N3CCN(S(=O)(=O)c4c(F)cccc4F)CC3)n2)cc1.Cc1ccc(Cc2csc(N3CCN(S(=O)(=O)c4c(F)cccc4F)CC3)n2)cc1. The zero-order valence-electron chi connectivity index (χ0n) is 33.5. The van der Waals surface area contributed by atoms with Crippen molar-refractivity contribution in [3.8, 4) is 0 Å². The quantitative estimate of drug-likeness (QED) is 0.121. The predicted molar refractivity (Wildman–Crippen MR) is 231 cm³/mol. The first-order valence-electron chi connectivity index (χ1n) is 19.6. The molecule has 0 atom stereocenters. The molecule has 322 valence electrons. The lowest BCUT2D eigenvalue weighted by Gasteiger charge is -2.33. The molecule has 0 radical (unpaired) electrons. The van der Waals surface area contributed by atoms with Crippen LogP contribution < -0.4 is 9.80 Å². The molecule has 2 fully saturated rings. The normalized spacial score (nSPS) is 15.4. The fourth-order valence-corrected chi connectivity index (χ4v) is 11.8. The van der Waals surface area contributed by atoms with Gasteiger partial charge in [0.15, 0.2) is 20.1 Å². The molecule has 10 nitrogen and oxygen atoms in total. The lowest BCUT2D eigenvalue weighted by atomic mass is 10.1. The standard InChI is InChI=1S/C22H23F2N3O2S2.C21H21F2N3O2S2/c1-2-16-6-8-17(9-7-16)14-18-15-30-22(25-18)26-10-12-27(13-11-26)31(28,29)21-19(23)4-3-5-20(21)24;1-15-5-7-16(8-6-15)13-17-14-29-21(24-17)25-9-11-26(12-10-25)30(27,28)20-18(22)3-2-4-19(20)23/h3-9,15H,2,10-14H2,1H3;2-8,14H,9-13H2,1H3. The Labute approximate surface area is 361 Å². The molecule has 0 spiro atoms. The Morgan fingerprint density at radius 1 is 0.525 bits per heavy atom. The summed E-state index contributed by atoms with van der Waals surface area (Å²) in [6.07, 6.45) is 2.48. The van der Waals surface area contributed by atoms with Gasteiger partial charge in [0, 0.05) is 76.0 Å². The molecule has 0 N–H and O–H groups in total. The highest BCUT2D eigenvalue weighted by Gasteiger charge is 2.35. The van der Waals surface area contributed by atoms with E-state index in [-0.39, 0.29) is 26.2 Å². The highest BCUT2D eigenvalue weighted by molar-refractivity contribution is 7.89. The molecule has 4 aromatic carbocycles. The summed E-state index contributed by atoms with van der Waals surface area (Å²) in [5.74, 6) is -4.28. The number of hydrogen-bond donors (Lipinski definition) is 0. The Balaban J connectivity index is 0.000000184. The fraction of sp³-hybridized carbons (Fsp3) is 0.302. The van der Waals surface area contributed by atoms with E-state index < -0.39 is 53.1 Å². The van der Waals surface area contributed by atoms with Crippen LogP contribution in [0, 0.1) is 30.2 Å². The molecule has 18 heteroatoms. The molecule has 0 bridgehead atoms. The van der Waals surface area contributed by atoms with Crippen molar-refractivity contribution < 1.29 is 34.4 Å². The Kier molecular flexibility index (Phi) is 13.9. The summed E-state index contributed by atoms with van der Waals surface area (Å²) >= 11 is 3.04. The first-order valence-corrected chi connectivity index (χ1v) is 24.3. The fourth-order valence-electron chi connectivity index (χ4n) is 7.02. The Morgan fingerprint density at radius 3 is 1.23 bits per heavy atom. The van der Waals surface area contributed by atoms with Gasteiger partial charge in [0.05, 0.1) is 11.4 Å². The van der Waals surface area contributed by atoms with Crippen LogP contribution in [0.25, 0.3) is 0 Å². The number of aromatic nitrogens is 2. The van der Waals surface area contributed by atoms with Gasteiger partial charge in [0.1, 0.15) is 23.3 Å². The van der Waals surface area contributed by atoms with E-state index in [2.05, 4.69) is 60.4 Å². The second-order valence-corrected chi connectivity index (χ2v) is 20.1. The minimum atomic E-state index is -4.23. The number of piperazine rings is 2.